The number of pyridine rings is 2. The van der Waals surface area contributed by atoms with E-state index in [-0.39, 0.29) is 28.9 Å². The molecule has 0 unspecified atom stereocenters. The van der Waals surface area contributed by atoms with Gasteiger partial charge in [0.25, 0.3) is 0 Å². The lowest BCUT2D eigenvalue weighted by molar-refractivity contribution is -0.105. The second-order valence-electron chi connectivity index (χ2n) is 12.3. The van der Waals surface area contributed by atoms with Crippen molar-refractivity contribution in [1.82, 2.24) is 29.3 Å². The Morgan fingerprint density at radius 1 is 1.16 bits per heavy atom. The second kappa shape index (κ2) is 12.9. The van der Waals surface area contributed by atoms with Crippen molar-refractivity contribution in [2.45, 2.75) is 46.2 Å². The molecular formula is C34H39F2N7O2. The third kappa shape index (κ3) is 6.27. The Kier molecular flexibility index (Phi) is 9.22. The third-order valence-electron chi connectivity index (χ3n) is 8.13. The number of fused-ring (bicyclic) bond motifs is 1. The second-order valence-corrected chi connectivity index (χ2v) is 12.3. The van der Waals surface area contributed by atoms with Crippen molar-refractivity contribution in [2.24, 2.45) is 0 Å². The number of aldehydes is 1. The van der Waals surface area contributed by atoms with E-state index in [1.165, 1.54) is 16.7 Å². The van der Waals surface area contributed by atoms with Crippen LogP contribution in [0.25, 0.3) is 28.0 Å². The monoisotopic (exact) mass is 615 g/mol. The number of halogens is 2. The molecule has 236 valence electrons. The van der Waals surface area contributed by atoms with Crippen LogP contribution in [0.3, 0.4) is 0 Å². The molecule has 0 saturated carbocycles. The zero-order valence-corrected chi connectivity index (χ0v) is 26.6. The molecule has 1 atom stereocenters. The van der Waals surface area contributed by atoms with Crippen LogP contribution in [0.4, 0.5) is 14.6 Å². The minimum atomic E-state index is -0.721. The predicted molar refractivity (Wildman–Crippen MR) is 173 cm³/mol. The fraction of sp³-hybridized carbons (Fsp3) is 0.382. The number of anilines is 1. The summed E-state index contributed by atoms with van der Waals surface area (Å²) in [7, 11) is 3.70. The minimum Gasteiger partial charge on any atom is -0.351 e. The topological polar surface area (TPSA) is 87.5 Å². The van der Waals surface area contributed by atoms with Crippen molar-refractivity contribution in [2.75, 3.05) is 45.2 Å². The van der Waals surface area contributed by atoms with Gasteiger partial charge in [0.15, 0.2) is 5.65 Å². The molecule has 0 radical (unpaired) electrons. The normalized spacial score (nSPS) is 15.8. The van der Waals surface area contributed by atoms with Gasteiger partial charge in [-0.15, -0.1) is 0 Å². The SMILES string of the molecule is C=C(C=O)CN1CCN(c2nc(=O)n(-c3c(C)ccnc3C(C)C)c3nc(-c4c(F)cccc4CN(C)C)c(F)cc23)[C@@H](C)C1. The number of hydrogen-bond acceptors (Lipinski definition) is 8. The van der Waals surface area contributed by atoms with Gasteiger partial charge in [0.1, 0.15) is 29.4 Å². The molecule has 4 heterocycles. The fourth-order valence-electron chi connectivity index (χ4n) is 6.11. The Hall–Kier alpha value is -4.35. The van der Waals surface area contributed by atoms with Crippen LogP contribution in [-0.4, -0.2) is 81.9 Å². The highest BCUT2D eigenvalue weighted by Gasteiger charge is 2.30. The standard InChI is InChI=1S/C34H39F2N7O2/c1-20(2)29-31(22(4)11-12-37-29)43-33-25(15-27(36)30(38-33)28-24(18-40(6)7)9-8-10-26(28)35)32(39-34(43)45)42-14-13-41(17-23(42)5)16-21(3)19-44/h8-12,15,19-20,23H,3,13-14,16-18H2,1-2,4-7H3/t23-/m0/s1. The van der Waals surface area contributed by atoms with Crippen molar-refractivity contribution in [3.63, 3.8) is 0 Å². The molecule has 1 aromatic carbocycles. The quantitative estimate of drug-likeness (QED) is 0.195. The van der Waals surface area contributed by atoms with Crippen molar-refractivity contribution in [3.05, 3.63) is 87.6 Å². The number of nitrogens with zero attached hydrogens (tertiary/aromatic N) is 7. The first kappa shape index (κ1) is 32.1. The van der Waals surface area contributed by atoms with Gasteiger partial charge in [0, 0.05) is 50.5 Å². The Bertz CT molecular complexity index is 1840. The van der Waals surface area contributed by atoms with E-state index in [2.05, 4.69) is 21.4 Å². The first-order chi connectivity index (χ1) is 21.4. The highest BCUT2D eigenvalue weighted by molar-refractivity contribution is 5.91. The maximum atomic E-state index is 16.3. The van der Waals surface area contributed by atoms with Crippen LogP contribution >= 0.6 is 0 Å². The van der Waals surface area contributed by atoms with E-state index in [1.54, 1.807) is 24.4 Å². The number of benzene rings is 1. The van der Waals surface area contributed by atoms with Gasteiger partial charge in [-0.05, 0) is 68.8 Å². The van der Waals surface area contributed by atoms with E-state index in [9.17, 15) is 9.59 Å². The summed E-state index contributed by atoms with van der Waals surface area (Å²) in [6, 6.07) is 7.61. The van der Waals surface area contributed by atoms with Gasteiger partial charge in [0.05, 0.1) is 16.8 Å². The fourth-order valence-corrected chi connectivity index (χ4v) is 6.11. The Morgan fingerprint density at radius 3 is 2.58 bits per heavy atom. The highest BCUT2D eigenvalue weighted by Crippen LogP contribution is 2.35. The molecule has 1 aliphatic rings. The summed E-state index contributed by atoms with van der Waals surface area (Å²) in [5.41, 5.74) is 2.46. The summed E-state index contributed by atoms with van der Waals surface area (Å²) in [5.74, 6) is -1.07. The lowest BCUT2D eigenvalue weighted by atomic mass is 10.0. The summed E-state index contributed by atoms with van der Waals surface area (Å²) < 4.78 is 33.2. The molecular weight excluding hydrogens is 576 g/mol. The van der Waals surface area contributed by atoms with Gasteiger partial charge in [-0.25, -0.2) is 23.1 Å². The number of carbonyl (C=O) groups is 1. The van der Waals surface area contributed by atoms with Gasteiger partial charge < -0.3 is 9.80 Å². The van der Waals surface area contributed by atoms with Crippen LogP contribution in [0.1, 0.15) is 43.5 Å². The van der Waals surface area contributed by atoms with E-state index in [0.29, 0.717) is 66.4 Å². The van der Waals surface area contributed by atoms with Crippen LogP contribution in [0.5, 0.6) is 0 Å². The van der Waals surface area contributed by atoms with Crippen LogP contribution < -0.4 is 10.6 Å². The molecule has 0 N–H and O–H groups in total. The molecule has 1 aliphatic heterocycles. The molecule has 0 aliphatic carbocycles. The summed E-state index contributed by atoms with van der Waals surface area (Å²) in [6.07, 6.45) is 2.44. The number of piperazine rings is 1. The maximum Gasteiger partial charge on any atom is 0.355 e. The van der Waals surface area contributed by atoms with E-state index in [4.69, 9.17) is 4.98 Å². The van der Waals surface area contributed by atoms with Gasteiger partial charge in [0.2, 0.25) is 0 Å². The zero-order valence-electron chi connectivity index (χ0n) is 26.6. The van der Waals surface area contributed by atoms with E-state index in [1.807, 2.05) is 51.6 Å². The molecule has 0 spiro atoms. The molecule has 1 fully saturated rings. The molecule has 3 aromatic heterocycles. The lowest BCUT2D eigenvalue weighted by Gasteiger charge is -2.41. The number of aryl methyl sites for hydroxylation is 1. The number of rotatable bonds is 9. The Labute approximate surface area is 261 Å². The first-order valence-electron chi connectivity index (χ1n) is 15.0. The average Bonchev–Trinajstić information content (AvgIpc) is 2.97. The van der Waals surface area contributed by atoms with Gasteiger partial charge in [-0.3, -0.25) is 14.7 Å². The highest BCUT2D eigenvalue weighted by atomic mass is 19.1. The zero-order chi connectivity index (χ0) is 32.6. The molecule has 11 heteroatoms. The van der Waals surface area contributed by atoms with Crippen molar-refractivity contribution in [3.8, 4) is 16.9 Å². The third-order valence-corrected chi connectivity index (χ3v) is 8.13. The molecule has 1 saturated heterocycles. The molecule has 0 amide bonds. The maximum absolute atomic E-state index is 16.3. The predicted octanol–water partition coefficient (Wildman–Crippen LogP) is 4.88. The summed E-state index contributed by atoms with van der Waals surface area (Å²) in [5, 5.41) is 0.330. The average molecular weight is 616 g/mol. The van der Waals surface area contributed by atoms with Gasteiger partial charge >= 0.3 is 5.69 Å². The Morgan fingerprint density at radius 2 is 1.91 bits per heavy atom. The van der Waals surface area contributed by atoms with Crippen LogP contribution in [0.15, 0.2) is 53.5 Å². The molecule has 0 bridgehead atoms. The number of hydrogen-bond donors (Lipinski definition) is 0. The summed E-state index contributed by atoms with van der Waals surface area (Å²) in [4.78, 5) is 45.1. The van der Waals surface area contributed by atoms with Crippen molar-refractivity contribution >= 4 is 23.1 Å². The Balaban J connectivity index is 1.80. The molecule has 4 aromatic rings. The largest absolute Gasteiger partial charge is 0.355 e. The smallest absolute Gasteiger partial charge is 0.351 e. The van der Waals surface area contributed by atoms with E-state index >= 15 is 8.78 Å². The van der Waals surface area contributed by atoms with Crippen molar-refractivity contribution < 1.29 is 13.6 Å². The number of carbonyl (C=O) groups excluding carboxylic acids is 1. The number of aromatic nitrogens is 4. The lowest BCUT2D eigenvalue weighted by Crippen LogP contribution is -2.53. The van der Waals surface area contributed by atoms with Crippen LogP contribution in [-0.2, 0) is 11.3 Å². The van der Waals surface area contributed by atoms with Crippen LogP contribution in [0, 0.1) is 18.6 Å². The van der Waals surface area contributed by atoms with E-state index < -0.39 is 17.3 Å². The summed E-state index contributed by atoms with van der Waals surface area (Å²) >= 11 is 0. The molecule has 5 rings (SSSR count). The van der Waals surface area contributed by atoms with Gasteiger partial charge in [-0.1, -0.05) is 32.6 Å². The van der Waals surface area contributed by atoms with Gasteiger partial charge in [-0.2, -0.15) is 4.98 Å². The van der Waals surface area contributed by atoms with Crippen LogP contribution in [0.2, 0.25) is 0 Å². The molecule has 45 heavy (non-hydrogen) atoms. The minimum absolute atomic E-state index is 0.0473. The van der Waals surface area contributed by atoms with Crippen molar-refractivity contribution in [1.29, 1.82) is 0 Å². The molecule has 9 nitrogen and oxygen atoms in total. The summed E-state index contributed by atoms with van der Waals surface area (Å²) in [6.45, 7) is 14.1. The first-order valence-corrected chi connectivity index (χ1v) is 15.0. The van der Waals surface area contributed by atoms with E-state index in [0.717, 1.165) is 11.8 Å².